The summed E-state index contributed by atoms with van der Waals surface area (Å²) < 4.78 is 1.87. The molecule has 0 aliphatic heterocycles. The molecule has 2 rings (SSSR count). The van der Waals surface area contributed by atoms with Crippen molar-refractivity contribution >= 4 is 0 Å². The highest BCUT2D eigenvalue weighted by Gasteiger charge is 2.11. The number of benzene rings is 1. The van der Waals surface area contributed by atoms with E-state index in [4.69, 9.17) is 0 Å². The molecule has 20 heavy (non-hydrogen) atoms. The van der Waals surface area contributed by atoms with Crippen molar-refractivity contribution in [1.29, 1.82) is 0 Å². The summed E-state index contributed by atoms with van der Waals surface area (Å²) in [5.41, 5.74) is 5.40. The van der Waals surface area contributed by atoms with E-state index in [0.29, 0.717) is 6.04 Å². The van der Waals surface area contributed by atoms with Crippen LogP contribution < -0.4 is 5.32 Å². The summed E-state index contributed by atoms with van der Waals surface area (Å²) in [5.74, 6) is 0. The van der Waals surface area contributed by atoms with Gasteiger partial charge in [0.1, 0.15) is 0 Å². The van der Waals surface area contributed by atoms with Crippen LogP contribution in [0, 0.1) is 13.8 Å². The smallest absolute Gasteiger partial charge is 0.0522 e. The van der Waals surface area contributed by atoms with E-state index in [-0.39, 0.29) is 0 Å². The quantitative estimate of drug-likeness (QED) is 0.875. The Labute approximate surface area is 122 Å². The average Bonchev–Trinajstić information content (AvgIpc) is 2.73. The largest absolute Gasteiger partial charge is 0.314 e. The molecule has 108 valence electrons. The van der Waals surface area contributed by atoms with Gasteiger partial charge in [-0.25, -0.2) is 0 Å². The zero-order chi connectivity index (χ0) is 14.5. The maximum atomic E-state index is 4.25. The molecule has 1 N–H and O–H groups in total. The minimum Gasteiger partial charge on any atom is -0.314 e. The first-order valence-electron chi connectivity index (χ1n) is 7.35. The van der Waals surface area contributed by atoms with Crippen LogP contribution in [0.3, 0.4) is 0 Å². The Hall–Kier alpha value is -1.61. The Balaban J connectivity index is 2.08. The van der Waals surface area contributed by atoms with Gasteiger partial charge in [0.15, 0.2) is 0 Å². The number of nitrogens with zero attached hydrogens (tertiary/aromatic N) is 2. The second-order valence-electron chi connectivity index (χ2n) is 5.68. The van der Waals surface area contributed by atoms with E-state index in [1.807, 2.05) is 17.9 Å². The van der Waals surface area contributed by atoms with Crippen molar-refractivity contribution in [2.75, 3.05) is 6.54 Å². The zero-order valence-corrected chi connectivity index (χ0v) is 13.0. The number of nitrogens with one attached hydrogen (secondary N) is 1. The van der Waals surface area contributed by atoms with E-state index in [1.165, 1.54) is 22.3 Å². The lowest BCUT2D eigenvalue weighted by Gasteiger charge is -2.18. The van der Waals surface area contributed by atoms with E-state index >= 15 is 0 Å². The summed E-state index contributed by atoms with van der Waals surface area (Å²) in [6.07, 6.45) is 6.15. The Morgan fingerprint density at radius 3 is 2.30 bits per heavy atom. The van der Waals surface area contributed by atoms with Crippen LogP contribution in [0.4, 0.5) is 0 Å². The predicted molar refractivity (Wildman–Crippen MR) is 84.0 cm³/mol. The molecular formula is C17H25N3. The molecule has 0 saturated heterocycles. The SMILES string of the molecule is CCNC(Cc1cc(C)cc(C)c1)Cc1cnn(C)c1. The lowest BCUT2D eigenvalue weighted by atomic mass is 9.98. The van der Waals surface area contributed by atoms with Gasteiger partial charge in [-0.1, -0.05) is 36.2 Å². The maximum absolute atomic E-state index is 4.25. The van der Waals surface area contributed by atoms with E-state index in [9.17, 15) is 0 Å². The van der Waals surface area contributed by atoms with Gasteiger partial charge in [-0.05, 0) is 44.4 Å². The third-order valence-corrected chi connectivity index (χ3v) is 3.50. The molecule has 0 saturated carbocycles. The van der Waals surface area contributed by atoms with Gasteiger partial charge in [0.05, 0.1) is 6.20 Å². The summed E-state index contributed by atoms with van der Waals surface area (Å²) in [6.45, 7) is 7.49. The highest BCUT2D eigenvalue weighted by molar-refractivity contribution is 5.29. The van der Waals surface area contributed by atoms with Crippen molar-refractivity contribution in [3.05, 3.63) is 52.8 Å². The molecule has 1 atom stereocenters. The van der Waals surface area contributed by atoms with Gasteiger partial charge < -0.3 is 5.32 Å². The molecule has 3 nitrogen and oxygen atoms in total. The molecule has 0 amide bonds. The first-order chi connectivity index (χ1) is 9.56. The normalized spacial score (nSPS) is 12.6. The molecule has 1 heterocycles. The zero-order valence-electron chi connectivity index (χ0n) is 13.0. The fourth-order valence-corrected chi connectivity index (χ4v) is 2.84. The van der Waals surface area contributed by atoms with Crippen molar-refractivity contribution in [1.82, 2.24) is 15.1 Å². The molecule has 0 fully saturated rings. The minimum atomic E-state index is 0.463. The fourth-order valence-electron chi connectivity index (χ4n) is 2.84. The van der Waals surface area contributed by atoms with Crippen molar-refractivity contribution in [3.63, 3.8) is 0 Å². The Morgan fingerprint density at radius 2 is 1.75 bits per heavy atom. The number of aromatic nitrogens is 2. The highest BCUT2D eigenvalue weighted by Crippen LogP contribution is 2.13. The number of hydrogen-bond acceptors (Lipinski definition) is 2. The second-order valence-corrected chi connectivity index (χ2v) is 5.68. The van der Waals surface area contributed by atoms with Gasteiger partial charge in [-0.3, -0.25) is 4.68 Å². The van der Waals surface area contributed by atoms with Crippen molar-refractivity contribution in [2.45, 2.75) is 39.7 Å². The molecule has 0 bridgehead atoms. The molecule has 0 spiro atoms. The molecule has 1 aromatic heterocycles. The van der Waals surface area contributed by atoms with Crippen LogP contribution in [-0.2, 0) is 19.9 Å². The first kappa shape index (κ1) is 14.8. The maximum Gasteiger partial charge on any atom is 0.0522 e. The number of aryl methyl sites for hydroxylation is 3. The summed E-state index contributed by atoms with van der Waals surface area (Å²) in [7, 11) is 1.97. The van der Waals surface area contributed by atoms with Crippen molar-refractivity contribution < 1.29 is 0 Å². The van der Waals surface area contributed by atoms with Crippen LogP contribution in [-0.4, -0.2) is 22.4 Å². The second kappa shape index (κ2) is 6.71. The topological polar surface area (TPSA) is 29.9 Å². The molecule has 2 aromatic rings. The van der Waals surface area contributed by atoms with Gasteiger partial charge in [0.25, 0.3) is 0 Å². The van der Waals surface area contributed by atoms with Gasteiger partial charge in [-0.2, -0.15) is 5.10 Å². The van der Waals surface area contributed by atoms with E-state index in [0.717, 1.165) is 19.4 Å². The van der Waals surface area contributed by atoms with Crippen LogP contribution in [0.1, 0.15) is 29.2 Å². The van der Waals surface area contributed by atoms with E-state index in [2.05, 4.69) is 55.6 Å². The molecule has 0 aliphatic carbocycles. The molecule has 1 aromatic carbocycles. The molecular weight excluding hydrogens is 246 g/mol. The molecule has 0 radical (unpaired) electrons. The van der Waals surface area contributed by atoms with Gasteiger partial charge in [0, 0.05) is 19.3 Å². The first-order valence-corrected chi connectivity index (χ1v) is 7.35. The Kier molecular flexibility index (Phi) is 4.96. The Bertz CT molecular complexity index is 537. The summed E-state index contributed by atoms with van der Waals surface area (Å²) in [6, 6.07) is 7.28. The standard InChI is InChI=1S/C17H25N3/c1-5-18-17(10-16-11-19-20(4)12-16)9-15-7-13(2)6-14(3)8-15/h6-8,11-12,17-18H,5,9-10H2,1-4H3. The molecule has 0 aliphatic rings. The highest BCUT2D eigenvalue weighted by atomic mass is 15.2. The Morgan fingerprint density at radius 1 is 1.10 bits per heavy atom. The average molecular weight is 271 g/mol. The number of rotatable bonds is 6. The van der Waals surface area contributed by atoms with Crippen LogP contribution >= 0.6 is 0 Å². The molecule has 3 heteroatoms. The predicted octanol–water partition coefficient (Wildman–Crippen LogP) is 2.80. The molecule has 1 unspecified atom stereocenters. The monoisotopic (exact) mass is 271 g/mol. The third kappa shape index (κ3) is 4.20. The lowest BCUT2D eigenvalue weighted by Crippen LogP contribution is -2.33. The van der Waals surface area contributed by atoms with Crippen LogP contribution in [0.25, 0.3) is 0 Å². The summed E-state index contributed by atoms with van der Waals surface area (Å²) in [4.78, 5) is 0. The summed E-state index contributed by atoms with van der Waals surface area (Å²) in [5, 5.41) is 7.84. The van der Waals surface area contributed by atoms with Crippen LogP contribution in [0.2, 0.25) is 0 Å². The van der Waals surface area contributed by atoms with E-state index < -0.39 is 0 Å². The van der Waals surface area contributed by atoms with Crippen LogP contribution in [0.5, 0.6) is 0 Å². The van der Waals surface area contributed by atoms with Gasteiger partial charge >= 0.3 is 0 Å². The lowest BCUT2D eigenvalue weighted by molar-refractivity contribution is 0.521. The van der Waals surface area contributed by atoms with Crippen LogP contribution in [0.15, 0.2) is 30.6 Å². The van der Waals surface area contributed by atoms with Crippen molar-refractivity contribution in [3.8, 4) is 0 Å². The van der Waals surface area contributed by atoms with Crippen molar-refractivity contribution in [2.24, 2.45) is 7.05 Å². The third-order valence-electron chi connectivity index (χ3n) is 3.50. The number of likely N-dealkylation sites (N-methyl/N-ethyl adjacent to an activating group) is 1. The van der Waals surface area contributed by atoms with Gasteiger partial charge in [-0.15, -0.1) is 0 Å². The minimum absolute atomic E-state index is 0.463. The summed E-state index contributed by atoms with van der Waals surface area (Å²) >= 11 is 0. The van der Waals surface area contributed by atoms with Gasteiger partial charge in [0.2, 0.25) is 0 Å². The number of hydrogen-bond donors (Lipinski definition) is 1. The fraction of sp³-hybridized carbons (Fsp3) is 0.471. The van der Waals surface area contributed by atoms with E-state index in [1.54, 1.807) is 0 Å².